The van der Waals surface area contributed by atoms with Crippen molar-refractivity contribution in [3.05, 3.63) is 61.8 Å². The molecule has 7 rings (SSSR count). The van der Waals surface area contributed by atoms with Gasteiger partial charge in [-0.25, -0.2) is 18.2 Å². The van der Waals surface area contributed by atoms with Crippen LogP contribution in [-0.2, 0) is 22.7 Å². The van der Waals surface area contributed by atoms with Crippen LogP contribution in [0.1, 0.15) is 91.1 Å². The van der Waals surface area contributed by atoms with Crippen molar-refractivity contribution >= 4 is 33.6 Å². The van der Waals surface area contributed by atoms with Crippen molar-refractivity contribution in [2.45, 2.75) is 84.3 Å². The molecular formula is C37H45F3N6O2S. The van der Waals surface area contributed by atoms with Crippen molar-refractivity contribution in [3.8, 4) is 6.07 Å². The van der Waals surface area contributed by atoms with Crippen molar-refractivity contribution in [3.63, 3.8) is 0 Å². The predicted octanol–water partition coefficient (Wildman–Crippen LogP) is 6.52. The quantitative estimate of drug-likeness (QED) is 0.157. The summed E-state index contributed by atoms with van der Waals surface area (Å²) in [4.78, 5) is 9.79. The van der Waals surface area contributed by atoms with Gasteiger partial charge in [-0.2, -0.15) is 5.26 Å². The number of hydrogen-bond acceptors (Lipinski definition) is 8. The number of halogens is 3. The molecule has 8 nitrogen and oxygen atoms in total. The molecule has 2 unspecified atom stereocenters. The first kappa shape index (κ1) is 34.2. The second kappa shape index (κ2) is 13.8. The van der Waals surface area contributed by atoms with Gasteiger partial charge in [0.15, 0.2) is 0 Å². The molecule has 5 heterocycles. The molecule has 0 radical (unpaired) electrons. The van der Waals surface area contributed by atoms with Gasteiger partial charge in [0.05, 0.1) is 30.3 Å². The fraction of sp³-hybridized carbons (Fsp3) is 0.568. The third-order valence-corrected chi connectivity index (χ3v) is 12.0. The largest absolute Gasteiger partial charge is 0.389 e. The Morgan fingerprint density at radius 1 is 1.22 bits per heavy atom. The molecule has 2 bridgehead atoms. The lowest BCUT2D eigenvalue weighted by Gasteiger charge is -2.38. The molecule has 4 fully saturated rings. The zero-order valence-electron chi connectivity index (χ0n) is 28.5. The molecule has 49 heavy (non-hydrogen) atoms. The van der Waals surface area contributed by atoms with E-state index in [4.69, 9.17) is 20.2 Å². The third kappa shape index (κ3) is 6.33. The van der Waals surface area contributed by atoms with Gasteiger partial charge in [0, 0.05) is 66.9 Å². The molecule has 0 spiro atoms. The average molecular weight is 695 g/mol. The van der Waals surface area contributed by atoms with Gasteiger partial charge in [-0.15, -0.1) is 11.3 Å². The number of nitrogens with zero attached hydrogens (tertiary/aromatic N) is 4. The van der Waals surface area contributed by atoms with Gasteiger partial charge in [0.1, 0.15) is 41.5 Å². The molecule has 1 aromatic heterocycles. The SMILES string of the molecule is C/C=C(/F)c1sc(N)c(C#N)c1/C(=C(\C)CC)c1c(F)cc(/C(=N\COCC2(CN3CC(F)C3)CC2)N2C3CCC2CNC3)c2c1COC2. The molecule has 2 aromatic rings. The number of thiophene rings is 1. The van der Waals surface area contributed by atoms with E-state index in [1.807, 2.05) is 13.8 Å². The fourth-order valence-corrected chi connectivity index (χ4v) is 9.04. The Morgan fingerprint density at radius 3 is 2.57 bits per heavy atom. The highest BCUT2D eigenvalue weighted by molar-refractivity contribution is 7.17. The molecule has 1 saturated carbocycles. The van der Waals surface area contributed by atoms with Crippen molar-refractivity contribution in [2.75, 3.05) is 51.8 Å². The van der Waals surface area contributed by atoms with Crippen LogP contribution in [0.3, 0.4) is 0 Å². The number of rotatable bonds is 11. The van der Waals surface area contributed by atoms with Crippen LogP contribution in [0.5, 0.6) is 0 Å². The Hall–Kier alpha value is -3.21. The van der Waals surface area contributed by atoms with Crippen LogP contribution in [0.25, 0.3) is 11.4 Å². The number of nitrogen functional groups attached to an aromatic ring is 1. The molecule has 262 valence electrons. The highest BCUT2D eigenvalue weighted by atomic mass is 32.1. The van der Waals surface area contributed by atoms with Crippen molar-refractivity contribution < 1.29 is 22.6 Å². The van der Waals surface area contributed by atoms with Crippen LogP contribution in [0.2, 0.25) is 0 Å². The van der Waals surface area contributed by atoms with Crippen LogP contribution in [0, 0.1) is 22.6 Å². The number of aliphatic imine (C=N–C) groups is 1. The summed E-state index contributed by atoms with van der Waals surface area (Å²) in [7, 11) is 0. The van der Waals surface area contributed by atoms with Crippen LogP contribution < -0.4 is 11.1 Å². The third-order valence-electron chi connectivity index (χ3n) is 11.0. The maximum Gasteiger partial charge on any atom is 0.139 e. The van der Waals surface area contributed by atoms with E-state index in [2.05, 4.69) is 21.2 Å². The van der Waals surface area contributed by atoms with Crippen LogP contribution in [-0.4, -0.2) is 80.0 Å². The number of nitrogens with two attached hydrogens (primary N) is 1. The van der Waals surface area contributed by atoms with Gasteiger partial charge in [-0.3, -0.25) is 4.90 Å². The van der Waals surface area contributed by atoms with Gasteiger partial charge in [0.2, 0.25) is 0 Å². The van der Waals surface area contributed by atoms with E-state index in [1.54, 1.807) is 13.0 Å². The molecular weight excluding hydrogens is 650 g/mol. The number of likely N-dealkylation sites (tertiary alicyclic amines) is 1. The Labute approximate surface area is 290 Å². The highest BCUT2D eigenvalue weighted by Crippen LogP contribution is 2.48. The molecule has 12 heteroatoms. The summed E-state index contributed by atoms with van der Waals surface area (Å²) >= 11 is 1.01. The van der Waals surface area contributed by atoms with Crippen molar-refractivity contribution in [1.29, 1.82) is 5.26 Å². The molecule has 2 atom stereocenters. The lowest BCUT2D eigenvalue weighted by Crippen LogP contribution is -2.54. The number of hydrogen-bond donors (Lipinski definition) is 2. The summed E-state index contributed by atoms with van der Waals surface area (Å²) in [5, 5.41) is 13.9. The summed E-state index contributed by atoms with van der Waals surface area (Å²) in [6.07, 6.45) is 5.34. The minimum Gasteiger partial charge on any atom is -0.389 e. The Bertz CT molecular complexity index is 1740. The first-order valence-electron chi connectivity index (χ1n) is 17.4. The number of alkyl halides is 1. The van der Waals surface area contributed by atoms with Crippen molar-refractivity contribution in [2.24, 2.45) is 10.4 Å². The first-order valence-corrected chi connectivity index (χ1v) is 18.2. The number of fused-ring (bicyclic) bond motifs is 3. The van der Waals surface area contributed by atoms with Gasteiger partial charge < -0.3 is 25.4 Å². The minimum absolute atomic E-state index is 0.0607. The second-order valence-corrected chi connectivity index (χ2v) is 15.3. The zero-order valence-corrected chi connectivity index (χ0v) is 29.3. The van der Waals surface area contributed by atoms with Gasteiger partial charge >= 0.3 is 0 Å². The molecule has 1 aliphatic carbocycles. The lowest BCUT2D eigenvalue weighted by atomic mass is 9.84. The number of nitrogens with one attached hydrogen (secondary N) is 1. The maximum absolute atomic E-state index is 17.0. The fourth-order valence-electron chi connectivity index (χ4n) is 8.05. The summed E-state index contributed by atoms with van der Waals surface area (Å²) in [6.45, 7) is 10.1. The Balaban J connectivity index is 1.29. The van der Waals surface area contributed by atoms with Gasteiger partial charge in [0.25, 0.3) is 0 Å². The Kier molecular flexibility index (Phi) is 9.67. The number of nitriles is 1. The topological polar surface area (TPSA) is 99.1 Å². The number of ether oxygens (including phenoxy) is 2. The molecule has 4 aliphatic heterocycles. The molecule has 3 N–H and O–H groups in total. The summed E-state index contributed by atoms with van der Waals surface area (Å²) in [5.74, 6) is -0.270. The van der Waals surface area contributed by atoms with Crippen LogP contribution >= 0.6 is 11.3 Å². The molecule has 3 saturated heterocycles. The predicted molar refractivity (Wildman–Crippen MR) is 187 cm³/mol. The van der Waals surface area contributed by atoms with Crippen LogP contribution in [0.4, 0.5) is 18.2 Å². The van der Waals surface area contributed by atoms with E-state index in [1.165, 1.54) is 6.08 Å². The number of amidine groups is 1. The molecule has 1 aromatic carbocycles. The number of piperazine rings is 1. The average Bonchev–Trinajstić information content (AvgIpc) is 3.39. The summed E-state index contributed by atoms with van der Waals surface area (Å²) < 4.78 is 58.1. The lowest BCUT2D eigenvalue weighted by molar-refractivity contribution is 0.0193. The van der Waals surface area contributed by atoms with E-state index in [9.17, 15) is 9.65 Å². The van der Waals surface area contributed by atoms with E-state index in [-0.39, 0.29) is 52.9 Å². The standard InChI is InChI=1S/C37H45F3N6O2S/c1-4-21(3)31(33-26(11-41)35(42)49-34(33)29(39)5-2)32-28-17-47-16-27(28)25(10-30(32)40)36(46-23-6-7-24(46)13-43-12-23)44-20-48-19-37(8-9-37)18-45-14-22(38)15-45/h5,10,22-24,43H,4,6-9,12-20,42H2,1-3H3/b29-5+,31-21+,44-36+. The summed E-state index contributed by atoms with van der Waals surface area (Å²) in [5.41, 5.74) is 10.7. The first-order chi connectivity index (χ1) is 23.7. The normalized spacial score (nSPS) is 24.1. The number of allylic oxidation sites excluding steroid dienone is 2. The van der Waals surface area contributed by atoms with E-state index < -0.39 is 17.8 Å². The summed E-state index contributed by atoms with van der Waals surface area (Å²) in [6, 6.07) is 4.18. The maximum atomic E-state index is 17.0. The number of benzene rings is 1. The Morgan fingerprint density at radius 2 is 1.94 bits per heavy atom. The highest BCUT2D eigenvalue weighted by Gasteiger charge is 2.46. The van der Waals surface area contributed by atoms with E-state index >= 15 is 8.78 Å². The molecule has 0 amide bonds. The van der Waals surface area contributed by atoms with E-state index in [0.717, 1.165) is 67.8 Å². The van der Waals surface area contributed by atoms with Gasteiger partial charge in [-0.05, 0) is 68.7 Å². The second-order valence-electron chi connectivity index (χ2n) is 14.2. The monoisotopic (exact) mass is 694 g/mol. The molecule has 5 aliphatic rings. The number of anilines is 1. The zero-order chi connectivity index (χ0) is 34.4. The minimum atomic E-state index is -0.721. The smallest absolute Gasteiger partial charge is 0.139 e. The van der Waals surface area contributed by atoms with Crippen molar-refractivity contribution in [1.82, 2.24) is 15.1 Å². The van der Waals surface area contributed by atoms with Crippen LogP contribution in [0.15, 0.2) is 22.7 Å². The van der Waals surface area contributed by atoms with Gasteiger partial charge in [-0.1, -0.05) is 18.6 Å². The van der Waals surface area contributed by atoms with E-state index in [0.29, 0.717) is 59.8 Å².